The molecular formula is C29H46O. The van der Waals surface area contributed by atoms with Gasteiger partial charge in [0, 0.05) is 12.3 Å². The van der Waals surface area contributed by atoms with Crippen LogP contribution in [0.1, 0.15) is 119 Å². The van der Waals surface area contributed by atoms with E-state index in [1.807, 2.05) is 11.1 Å². The van der Waals surface area contributed by atoms with Gasteiger partial charge in [0.2, 0.25) is 0 Å². The van der Waals surface area contributed by atoms with Gasteiger partial charge in [-0.1, -0.05) is 59.6 Å². The summed E-state index contributed by atoms with van der Waals surface area (Å²) in [6.07, 6.45) is 14.2. The molecule has 0 unspecified atom stereocenters. The van der Waals surface area contributed by atoms with Gasteiger partial charge in [0.05, 0.1) is 0 Å². The minimum atomic E-state index is 0.233. The Bertz CT molecular complexity index is 803. The molecule has 0 radical (unpaired) electrons. The van der Waals surface area contributed by atoms with E-state index < -0.39 is 0 Å². The van der Waals surface area contributed by atoms with E-state index in [1.54, 1.807) is 0 Å². The molecule has 0 aromatic carbocycles. The predicted octanol–water partition coefficient (Wildman–Crippen LogP) is 8.13. The molecule has 0 saturated heterocycles. The minimum Gasteiger partial charge on any atom is -0.299 e. The van der Waals surface area contributed by atoms with E-state index in [0.29, 0.717) is 27.4 Å². The number of fused-ring (bicyclic) bond motifs is 6. The van der Waals surface area contributed by atoms with E-state index >= 15 is 0 Å². The Morgan fingerprint density at radius 2 is 1.43 bits per heavy atom. The molecule has 0 N–H and O–H groups in total. The summed E-state index contributed by atoms with van der Waals surface area (Å²) in [6, 6.07) is 0. The first-order chi connectivity index (χ1) is 13.9. The highest BCUT2D eigenvalue weighted by atomic mass is 16.1. The van der Waals surface area contributed by atoms with E-state index in [0.717, 1.165) is 24.7 Å². The molecule has 1 nitrogen and oxygen atoms in total. The summed E-state index contributed by atoms with van der Waals surface area (Å²) in [6.45, 7) is 17.8. The largest absolute Gasteiger partial charge is 0.299 e. The number of carbonyl (C=O) groups is 1. The van der Waals surface area contributed by atoms with Crippen LogP contribution in [0.15, 0.2) is 11.1 Å². The van der Waals surface area contributed by atoms with E-state index in [2.05, 4.69) is 48.5 Å². The molecule has 0 aromatic rings. The number of Topliss-reactive ketones (excluding diaryl/α,β-unsaturated/α-hetero) is 1. The van der Waals surface area contributed by atoms with Crippen LogP contribution in [0.5, 0.6) is 0 Å². The smallest absolute Gasteiger partial charge is 0.136 e. The van der Waals surface area contributed by atoms with Crippen molar-refractivity contribution in [1.29, 1.82) is 0 Å². The topological polar surface area (TPSA) is 17.1 Å². The Labute approximate surface area is 185 Å². The first kappa shape index (κ1) is 21.3. The number of carbonyl (C=O) groups excluding carboxylic acids is 1. The zero-order valence-electron chi connectivity index (χ0n) is 20.9. The highest BCUT2D eigenvalue weighted by Crippen LogP contribution is 2.75. The van der Waals surface area contributed by atoms with Crippen molar-refractivity contribution < 1.29 is 4.79 Å². The molecule has 5 aliphatic rings. The Morgan fingerprint density at radius 3 is 2.17 bits per heavy atom. The van der Waals surface area contributed by atoms with Crippen molar-refractivity contribution >= 4 is 5.78 Å². The fourth-order valence-corrected chi connectivity index (χ4v) is 10.1. The molecule has 7 atom stereocenters. The molecule has 3 saturated carbocycles. The summed E-state index contributed by atoms with van der Waals surface area (Å²) in [4.78, 5) is 12.7. The van der Waals surface area contributed by atoms with E-state index in [9.17, 15) is 4.79 Å². The lowest BCUT2D eigenvalue weighted by Gasteiger charge is -2.71. The number of allylic oxidation sites excluding steroid dienone is 2. The van der Waals surface area contributed by atoms with Gasteiger partial charge in [-0.15, -0.1) is 0 Å². The van der Waals surface area contributed by atoms with Gasteiger partial charge in [-0.05, 0) is 103 Å². The van der Waals surface area contributed by atoms with Crippen molar-refractivity contribution in [2.24, 2.45) is 44.8 Å². The molecule has 5 aliphatic carbocycles. The Morgan fingerprint density at radius 1 is 0.733 bits per heavy atom. The third-order valence-electron chi connectivity index (χ3n) is 12.5. The second-order valence-electron chi connectivity index (χ2n) is 14.1. The highest BCUT2D eigenvalue weighted by Gasteiger charge is 2.67. The zero-order chi connectivity index (χ0) is 21.7. The maximum Gasteiger partial charge on any atom is 0.136 e. The number of rotatable bonds is 0. The average molecular weight is 411 g/mol. The lowest BCUT2D eigenvalue weighted by molar-refractivity contribution is -0.201. The molecule has 3 fully saturated rings. The van der Waals surface area contributed by atoms with Crippen molar-refractivity contribution in [3.63, 3.8) is 0 Å². The highest BCUT2D eigenvalue weighted by molar-refractivity contribution is 5.82. The van der Waals surface area contributed by atoms with Crippen LogP contribution >= 0.6 is 0 Å². The molecule has 30 heavy (non-hydrogen) atoms. The summed E-state index contributed by atoms with van der Waals surface area (Å²) < 4.78 is 0. The molecule has 0 aliphatic heterocycles. The number of hydrogen-bond donors (Lipinski definition) is 0. The van der Waals surface area contributed by atoms with Crippen LogP contribution in [-0.4, -0.2) is 5.78 Å². The summed E-state index contributed by atoms with van der Waals surface area (Å²) in [5.41, 5.74) is 5.70. The van der Waals surface area contributed by atoms with Gasteiger partial charge >= 0.3 is 0 Å². The van der Waals surface area contributed by atoms with E-state index in [-0.39, 0.29) is 11.3 Å². The predicted molar refractivity (Wildman–Crippen MR) is 125 cm³/mol. The lowest BCUT2D eigenvalue weighted by atomic mass is 9.33. The van der Waals surface area contributed by atoms with Crippen molar-refractivity contribution in [1.82, 2.24) is 0 Å². The van der Waals surface area contributed by atoms with Crippen LogP contribution < -0.4 is 0 Å². The summed E-state index contributed by atoms with van der Waals surface area (Å²) >= 11 is 0. The lowest BCUT2D eigenvalue weighted by Crippen LogP contribution is -2.64. The second kappa shape index (κ2) is 6.26. The van der Waals surface area contributed by atoms with Crippen LogP contribution in [0, 0.1) is 44.8 Å². The molecule has 1 heteroatoms. The summed E-state index contributed by atoms with van der Waals surface area (Å²) in [5, 5.41) is 0. The van der Waals surface area contributed by atoms with Crippen LogP contribution in [0.4, 0.5) is 0 Å². The molecule has 0 heterocycles. The molecular weight excluding hydrogens is 364 g/mol. The zero-order valence-corrected chi connectivity index (χ0v) is 20.9. The van der Waals surface area contributed by atoms with Crippen LogP contribution in [0.3, 0.4) is 0 Å². The van der Waals surface area contributed by atoms with Crippen LogP contribution in [-0.2, 0) is 4.79 Å². The summed E-state index contributed by atoms with van der Waals surface area (Å²) in [7, 11) is 0. The molecule has 0 bridgehead atoms. The fraction of sp³-hybridized carbons (Fsp3) is 0.897. The third kappa shape index (κ3) is 2.50. The van der Waals surface area contributed by atoms with Crippen molar-refractivity contribution in [2.75, 3.05) is 0 Å². The SMILES string of the molecule is C[C@H]1C(=O)CC[C@@H]2[C@]1(C)CC[C@H]1[C@@]2(C)CC[C@@]2(C)C3=C(CCC(C)(C)C3)CC[C@]12C. The van der Waals surface area contributed by atoms with Gasteiger partial charge in [-0.3, -0.25) is 4.79 Å². The fourth-order valence-electron chi connectivity index (χ4n) is 10.1. The van der Waals surface area contributed by atoms with Gasteiger partial charge in [0.25, 0.3) is 0 Å². The first-order valence-corrected chi connectivity index (χ1v) is 13.1. The summed E-state index contributed by atoms with van der Waals surface area (Å²) in [5.74, 6) is 2.35. The third-order valence-corrected chi connectivity index (χ3v) is 12.5. The van der Waals surface area contributed by atoms with Gasteiger partial charge in [-0.25, -0.2) is 0 Å². The van der Waals surface area contributed by atoms with Gasteiger partial charge < -0.3 is 0 Å². The maximum atomic E-state index is 12.7. The number of hydrogen-bond acceptors (Lipinski definition) is 1. The average Bonchev–Trinajstić information content (AvgIpc) is 2.67. The molecule has 0 amide bonds. The van der Waals surface area contributed by atoms with E-state index in [1.165, 1.54) is 57.8 Å². The van der Waals surface area contributed by atoms with Gasteiger partial charge in [0.15, 0.2) is 0 Å². The van der Waals surface area contributed by atoms with Crippen molar-refractivity contribution in [3.05, 3.63) is 11.1 Å². The van der Waals surface area contributed by atoms with Crippen molar-refractivity contribution in [2.45, 2.75) is 119 Å². The van der Waals surface area contributed by atoms with Crippen LogP contribution in [0.25, 0.3) is 0 Å². The minimum absolute atomic E-state index is 0.233. The number of ketones is 1. The Balaban J connectivity index is 1.56. The quantitative estimate of drug-likeness (QED) is 0.368. The normalized spacial score (nSPS) is 52.8. The molecule has 5 rings (SSSR count). The van der Waals surface area contributed by atoms with Crippen molar-refractivity contribution in [3.8, 4) is 0 Å². The van der Waals surface area contributed by atoms with Crippen LogP contribution in [0.2, 0.25) is 0 Å². The first-order valence-electron chi connectivity index (χ1n) is 13.1. The Kier molecular flexibility index (Phi) is 4.43. The van der Waals surface area contributed by atoms with Gasteiger partial charge in [0.1, 0.15) is 5.78 Å². The second-order valence-corrected chi connectivity index (χ2v) is 14.1. The molecule has 168 valence electrons. The Hall–Kier alpha value is -0.590. The molecule has 0 aromatic heterocycles. The molecule has 0 spiro atoms. The monoisotopic (exact) mass is 410 g/mol. The standard InChI is InChI=1S/C29H46O/c1-19-22(30)8-9-23-26(19,4)14-12-24-27(23,5)16-17-28(6)21-18-25(2,3)13-10-20(21)11-15-29(24,28)7/h19,23-24H,8-18H2,1-7H3/t19-,23+,24-,26+,27-,28-,29+/m0/s1. The van der Waals surface area contributed by atoms with E-state index in [4.69, 9.17) is 0 Å². The maximum absolute atomic E-state index is 12.7. The van der Waals surface area contributed by atoms with Gasteiger partial charge in [-0.2, -0.15) is 0 Å².